The van der Waals surface area contributed by atoms with Gasteiger partial charge in [0, 0.05) is 32.2 Å². The summed E-state index contributed by atoms with van der Waals surface area (Å²) in [6.45, 7) is 3.43. The Labute approximate surface area is 205 Å². The molecular weight excluding hydrogens is 483 g/mol. The van der Waals surface area contributed by atoms with E-state index in [1.54, 1.807) is 31.2 Å². The molecule has 8 nitrogen and oxygen atoms in total. The van der Waals surface area contributed by atoms with E-state index in [0.717, 1.165) is 32.7 Å². The van der Waals surface area contributed by atoms with Crippen LogP contribution >= 0.6 is 11.6 Å². The maximum absolute atomic E-state index is 13.5. The molecule has 34 heavy (non-hydrogen) atoms. The van der Waals surface area contributed by atoms with Gasteiger partial charge in [0.2, 0.25) is 11.8 Å². The van der Waals surface area contributed by atoms with Gasteiger partial charge in [-0.25, -0.2) is 8.70 Å². The number of hydrogen-bond donors (Lipinski definition) is 1. The molecule has 2 aromatic rings. The molecule has 0 fully saturated rings. The van der Waals surface area contributed by atoms with Gasteiger partial charge in [-0.15, -0.1) is 0 Å². The van der Waals surface area contributed by atoms with Crippen LogP contribution in [0.15, 0.2) is 48.5 Å². The first-order chi connectivity index (χ1) is 16.0. The Morgan fingerprint density at radius 3 is 2.18 bits per heavy atom. The normalized spacial score (nSPS) is 12.3. The first-order valence-corrected chi connectivity index (χ1v) is 12.5. The summed E-state index contributed by atoms with van der Waals surface area (Å²) in [4.78, 5) is 27.5. The van der Waals surface area contributed by atoms with Crippen molar-refractivity contribution in [3.63, 3.8) is 0 Å². The van der Waals surface area contributed by atoms with Gasteiger partial charge in [0.15, 0.2) is 0 Å². The van der Waals surface area contributed by atoms with Crippen molar-refractivity contribution in [2.75, 3.05) is 31.5 Å². The summed E-state index contributed by atoms with van der Waals surface area (Å²) in [7, 11) is -1.42. The molecule has 0 aromatic heterocycles. The van der Waals surface area contributed by atoms with E-state index >= 15 is 0 Å². The van der Waals surface area contributed by atoms with Crippen LogP contribution in [-0.2, 0) is 26.3 Å². The topological polar surface area (TPSA) is 90.0 Å². The van der Waals surface area contributed by atoms with Crippen LogP contribution in [0.2, 0.25) is 5.02 Å². The fourth-order valence-corrected chi connectivity index (χ4v) is 4.27. The van der Waals surface area contributed by atoms with Crippen molar-refractivity contribution in [2.24, 2.45) is 0 Å². The van der Waals surface area contributed by atoms with Crippen molar-refractivity contribution in [1.82, 2.24) is 14.5 Å². The molecule has 0 aliphatic heterocycles. The minimum absolute atomic E-state index is 0.0655. The molecule has 0 saturated heterocycles. The predicted octanol–water partition coefficient (Wildman–Crippen LogP) is 3.04. The third kappa shape index (κ3) is 7.15. The zero-order valence-corrected chi connectivity index (χ0v) is 21.2. The van der Waals surface area contributed by atoms with Crippen molar-refractivity contribution < 1.29 is 22.4 Å². The van der Waals surface area contributed by atoms with Gasteiger partial charge in [-0.3, -0.25) is 9.59 Å². The van der Waals surface area contributed by atoms with Gasteiger partial charge in [0.05, 0.1) is 5.69 Å². The van der Waals surface area contributed by atoms with Crippen molar-refractivity contribution in [1.29, 1.82) is 0 Å². The number of carbonyl (C=O) groups is 2. The van der Waals surface area contributed by atoms with Crippen LogP contribution in [0.1, 0.15) is 25.8 Å². The molecule has 2 amide bonds. The largest absolute Gasteiger partial charge is 0.354 e. The van der Waals surface area contributed by atoms with Gasteiger partial charge in [0.1, 0.15) is 18.4 Å². The zero-order valence-electron chi connectivity index (χ0n) is 19.7. The van der Waals surface area contributed by atoms with Crippen LogP contribution in [0.4, 0.5) is 10.1 Å². The first kappa shape index (κ1) is 27.6. The first-order valence-electron chi connectivity index (χ1n) is 10.7. The monoisotopic (exact) mass is 512 g/mol. The Bertz CT molecular complexity index is 1080. The third-order valence-electron chi connectivity index (χ3n) is 5.12. The molecule has 0 radical (unpaired) electrons. The van der Waals surface area contributed by atoms with Crippen molar-refractivity contribution in [3.8, 4) is 0 Å². The summed E-state index contributed by atoms with van der Waals surface area (Å²) >= 11 is 5.96. The molecule has 0 spiro atoms. The highest BCUT2D eigenvalue weighted by molar-refractivity contribution is 7.90. The highest BCUT2D eigenvalue weighted by Crippen LogP contribution is 2.21. The number of halogens is 2. The highest BCUT2D eigenvalue weighted by atomic mass is 35.5. The number of carbonyl (C=O) groups excluding carboxylic acids is 2. The van der Waals surface area contributed by atoms with E-state index in [1.165, 1.54) is 31.1 Å². The van der Waals surface area contributed by atoms with Crippen LogP contribution in [-0.4, -0.2) is 62.7 Å². The maximum Gasteiger partial charge on any atom is 0.304 e. The van der Waals surface area contributed by atoms with E-state index in [0.29, 0.717) is 11.6 Å². The summed E-state index contributed by atoms with van der Waals surface area (Å²) < 4.78 is 41.3. The molecule has 0 saturated carbocycles. The minimum Gasteiger partial charge on any atom is -0.354 e. The van der Waals surface area contributed by atoms with Crippen LogP contribution < -0.4 is 9.62 Å². The second kappa shape index (κ2) is 12.1. The van der Waals surface area contributed by atoms with Gasteiger partial charge in [-0.05, 0) is 55.3 Å². The number of hydrogen-bond acceptors (Lipinski definition) is 4. The van der Waals surface area contributed by atoms with Crippen molar-refractivity contribution >= 4 is 39.3 Å². The number of rotatable bonds is 11. The SMILES string of the molecule is CCCNC(=O)C(C)N(Cc1ccc(Cl)cc1)C(=O)CN(c1ccc(F)cc1)S(=O)(=O)N(C)C. The van der Waals surface area contributed by atoms with Crippen molar-refractivity contribution in [2.45, 2.75) is 32.9 Å². The summed E-state index contributed by atoms with van der Waals surface area (Å²) in [5.41, 5.74) is 0.842. The van der Waals surface area contributed by atoms with Crippen molar-refractivity contribution in [3.05, 3.63) is 64.9 Å². The lowest BCUT2D eigenvalue weighted by atomic mass is 10.1. The van der Waals surface area contributed by atoms with E-state index in [2.05, 4.69) is 5.32 Å². The molecule has 2 rings (SSSR count). The van der Waals surface area contributed by atoms with Gasteiger partial charge >= 0.3 is 10.2 Å². The average Bonchev–Trinajstić information content (AvgIpc) is 2.80. The number of amides is 2. The molecule has 2 aromatic carbocycles. The summed E-state index contributed by atoms with van der Waals surface area (Å²) in [5, 5.41) is 3.29. The number of nitrogens with one attached hydrogen (secondary N) is 1. The van der Waals surface area contributed by atoms with Crippen LogP contribution in [0.3, 0.4) is 0 Å². The van der Waals surface area contributed by atoms with Gasteiger partial charge in [0.25, 0.3) is 0 Å². The Hall–Kier alpha value is -2.69. The van der Waals surface area contributed by atoms with Crippen LogP contribution in [0, 0.1) is 5.82 Å². The smallest absolute Gasteiger partial charge is 0.304 e. The lowest BCUT2D eigenvalue weighted by molar-refractivity contribution is -0.139. The van der Waals surface area contributed by atoms with Gasteiger partial charge < -0.3 is 10.2 Å². The second-order valence-corrected chi connectivity index (χ2v) is 10.4. The fourth-order valence-electron chi connectivity index (χ4n) is 3.09. The fraction of sp³-hybridized carbons (Fsp3) is 0.391. The summed E-state index contributed by atoms with van der Waals surface area (Å²) in [5.74, 6) is -1.49. The molecule has 0 bridgehead atoms. The third-order valence-corrected chi connectivity index (χ3v) is 7.19. The van der Waals surface area contributed by atoms with E-state index in [4.69, 9.17) is 11.6 Å². The van der Waals surface area contributed by atoms with E-state index in [-0.39, 0.29) is 18.1 Å². The molecule has 186 valence electrons. The Balaban J connectivity index is 2.41. The zero-order chi connectivity index (χ0) is 25.5. The average molecular weight is 513 g/mol. The predicted molar refractivity (Wildman–Crippen MR) is 131 cm³/mol. The molecule has 1 N–H and O–H groups in total. The Morgan fingerprint density at radius 2 is 1.65 bits per heavy atom. The maximum atomic E-state index is 13.5. The molecule has 0 aliphatic rings. The molecule has 0 aliphatic carbocycles. The van der Waals surface area contributed by atoms with Gasteiger partial charge in [-0.1, -0.05) is 30.7 Å². The molecule has 0 heterocycles. The molecule has 11 heteroatoms. The lowest BCUT2D eigenvalue weighted by Gasteiger charge is -2.32. The molecule has 1 unspecified atom stereocenters. The standard InChI is InChI=1S/C23H30ClFN4O4S/c1-5-14-26-23(31)17(2)28(15-18-6-8-19(24)9-7-18)22(30)16-29(34(32,33)27(3)4)21-12-10-20(25)11-13-21/h6-13,17H,5,14-16H2,1-4H3,(H,26,31). The van der Waals surface area contributed by atoms with Crippen LogP contribution in [0.25, 0.3) is 0 Å². The van der Waals surface area contributed by atoms with Crippen LogP contribution in [0.5, 0.6) is 0 Å². The highest BCUT2D eigenvalue weighted by Gasteiger charge is 2.32. The lowest BCUT2D eigenvalue weighted by Crippen LogP contribution is -2.52. The van der Waals surface area contributed by atoms with E-state index in [1.807, 2.05) is 6.92 Å². The van der Waals surface area contributed by atoms with E-state index in [9.17, 15) is 22.4 Å². The number of benzene rings is 2. The number of anilines is 1. The Morgan fingerprint density at radius 1 is 1.06 bits per heavy atom. The minimum atomic E-state index is -4.09. The van der Waals surface area contributed by atoms with E-state index < -0.39 is 34.5 Å². The quantitative estimate of drug-likeness (QED) is 0.501. The molecule has 1 atom stereocenters. The Kier molecular flexibility index (Phi) is 9.84. The number of nitrogens with zero attached hydrogens (tertiary/aromatic N) is 3. The summed E-state index contributed by atoms with van der Waals surface area (Å²) in [6.07, 6.45) is 0.725. The summed E-state index contributed by atoms with van der Waals surface area (Å²) in [6, 6.07) is 10.7. The molecular formula is C23H30ClFN4O4S. The van der Waals surface area contributed by atoms with Gasteiger partial charge in [-0.2, -0.15) is 12.7 Å². The second-order valence-electron chi connectivity index (χ2n) is 7.89.